The number of hydrazone groups is 1. The van der Waals surface area contributed by atoms with Crippen LogP contribution in [-0.2, 0) is 29.1 Å². The molecule has 0 bridgehead atoms. The van der Waals surface area contributed by atoms with E-state index in [1.54, 1.807) is 0 Å². The summed E-state index contributed by atoms with van der Waals surface area (Å²) in [6.45, 7) is 2.00. The topological polar surface area (TPSA) is 128 Å². The quantitative estimate of drug-likeness (QED) is 0.393. The molecule has 1 saturated heterocycles. The van der Waals surface area contributed by atoms with Crippen molar-refractivity contribution in [2.45, 2.75) is 26.4 Å². The number of thioether (sulfide) groups is 1. The van der Waals surface area contributed by atoms with E-state index < -0.39 is 11.6 Å². The number of benzene rings is 2. The van der Waals surface area contributed by atoms with Gasteiger partial charge in [0.05, 0.1) is 12.3 Å². The van der Waals surface area contributed by atoms with E-state index in [0.29, 0.717) is 24.0 Å². The van der Waals surface area contributed by atoms with E-state index >= 15 is 0 Å². The number of hydrogen-bond acceptors (Lipinski definition) is 7. The first-order valence-corrected chi connectivity index (χ1v) is 11.2. The van der Waals surface area contributed by atoms with Gasteiger partial charge in [-0.3, -0.25) is 14.5 Å². The van der Waals surface area contributed by atoms with Crippen LogP contribution < -0.4 is 17.0 Å². The molecular formula is C22H23N7O3S. The van der Waals surface area contributed by atoms with E-state index in [9.17, 15) is 14.4 Å². The Balaban J connectivity index is 1.41. The molecule has 10 nitrogen and oxygen atoms in total. The van der Waals surface area contributed by atoms with E-state index in [4.69, 9.17) is 5.84 Å². The van der Waals surface area contributed by atoms with Crippen LogP contribution in [0.3, 0.4) is 0 Å². The molecule has 1 aromatic heterocycles. The third-order valence-corrected chi connectivity index (χ3v) is 5.99. The second-order valence-electron chi connectivity index (χ2n) is 7.57. The van der Waals surface area contributed by atoms with Crippen molar-refractivity contribution in [1.82, 2.24) is 24.8 Å². The Morgan fingerprint density at radius 3 is 2.58 bits per heavy atom. The zero-order valence-corrected chi connectivity index (χ0v) is 18.8. The number of aryl methyl sites for hydroxylation is 1. The number of nitrogens with two attached hydrogens (primary N) is 1. The van der Waals surface area contributed by atoms with E-state index in [0.717, 1.165) is 26.0 Å². The Morgan fingerprint density at radius 1 is 1.12 bits per heavy atom. The molecule has 1 aliphatic rings. The largest absolute Gasteiger partial charge is 0.365 e. The highest BCUT2D eigenvalue weighted by molar-refractivity contribution is 8.15. The second-order valence-corrected chi connectivity index (χ2v) is 8.51. The molecule has 1 fully saturated rings. The minimum absolute atomic E-state index is 0.0873. The molecule has 3 aromatic rings. The smallest absolute Gasteiger partial charge is 0.333 e. The van der Waals surface area contributed by atoms with Gasteiger partial charge in [-0.2, -0.15) is 9.77 Å². The molecule has 0 aliphatic carbocycles. The van der Waals surface area contributed by atoms with Gasteiger partial charge < -0.3 is 5.84 Å². The summed E-state index contributed by atoms with van der Waals surface area (Å²) in [5, 5.41) is 8.68. The van der Waals surface area contributed by atoms with Crippen molar-refractivity contribution in [3.63, 3.8) is 0 Å². The third-order valence-electron chi connectivity index (χ3n) is 5.03. The van der Waals surface area contributed by atoms with Crippen LogP contribution >= 0.6 is 11.8 Å². The first-order chi connectivity index (χ1) is 15.9. The van der Waals surface area contributed by atoms with E-state index in [1.807, 2.05) is 61.5 Å². The first kappa shape index (κ1) is 22.3. The van der Waals surface area contributed by atoms with E-state index in [-0.39, 0.29) is 18.2 Å². The summed E-state index contributed by atoms with van der Waals surface area (Å²) in [6, 6.07) is 17.3. The Kier molecular flexibility index (Phi) is 6.59. The van der Waals surface area contributed by atoms with Gasteiger partial charge in [0.2, 0.25) is 5.91 Å². The molecule has 170 valence electrons. The fourth-order valence-electron chi connectivity index (χ4n) is 3.26. The van der Waals surface area contributed by atoms with Gasteiger partial charge in [0.25, 0.3) is 5.91 Å². The summed E-state index contributed by atoms with van der Waals surface area (Å²) in [6.07, 6.45) is 0.357. The molecule has 0 spiro atoms. The molecule has 4 rings (SSSR count). The maximum absolute atomic E-state index is 12.4. The lowest BCUT2D eigenvalue weighted by Crippen LogP contribution is -2.35. The van der Waals surface area contributed by atoms with Crippen molar-refractivity contribution < 1.29 is 9.59 Å². The highest BCUT2D eigenvalue weighted by Crippen LogP contribution is 2.21. The van der Waals surface area contributed by atoms with Gasteiger partial charge in [-0.05, 0) is 18.1 Å². The first-order valence-electron chi connectivity index (χ1n) is 10.2. The third kappa shape index (κ3) is 5.32. The van der Waals surface area contributed by atoms with Gasteiger partial charge in [0.1, 0.15) is 6.54 Å². The molecule has 11 heteroatoms. The maximum atomic E-state index is 12.4. The molecule has 0 radical (unpaired) electrons. The van der Waals surface area contributed by atoms with Crippen LogP contribution in [-0.4, -0.2) is 42.1 Å². The maximum Gasteiger partial charge on any atom is 0.365 e. The lowest BCUT2D eigenvalue weighted by atomic mass is 10.1. The molecule has 2 heterocycles. The van der Waals surface area contributed by atoms with Crippen LogP contribution in [0.1, 0.15) is 22.5 Å². The molecule has 0 unspecified atom stereocenters. The monoisotopic (exact) mass is 465 g/mol. The summed E-state index contributed by atoms with van der Waals surface area (Å²) in [5.74, 6) is 5.80. The molecule has 2 amide bonds. The second kappa shape index (κ2) is 9.74. The average Bonchev–Trinajstić information content (AvgIpc) is 3.28. The Labute approximate surface area is 194 Å². The van der Waals surface area contributed by atoms with Crippen LogP contribution in [0.5, 0.6) is 0 Å². The normalized spacial score (nSPS) is 14.8. The van der Waals surface area contributed by atoms with Crippen LogP contribution in [0.2, 0.25) is 0 Å². The number of aromatic nitrogens is 3. The standard InChI is InChI=1S/C22H23N7O3S/c1-15-7-9-16(10-8-15)11-18-26-28(22(32)29(18)23)13-19(30)24-25-21-27(20(31)14-33-21)12-17-5-3-2-4-6-17/h2-10H,11-14,23H2,1H3,(H,24,30)/b25-21-. The number of rotatable bonds is 7. The predicted molar refractivity (Wildman–Crippen MR) is 126 cm³/mol. The highest BCUT2D eigenvalue weighted by Gasteiger charge is 2.28. The van der Waals surface area contributed by atoms with Gasteiger partial charge in [-0.15, -0.1) is 5.10 Å². The van der Waals surface area contributed by atoms with Crippen molar-refractivity contribution in [2.75, 3.05) is 11.6 Å². The summed E-state index contributed by atoms with van der Waals surface area (Å²) < 4.78 is 1.93. The van der Waals surface area contributed by atoms with Crippen LogP contribution in [0.15, 0.2) is 64.5 Å². The van der Waals surface area contributed by atoms with Crippen molar-refractivity contribution in [3.8, 4) is 0 Å². The molecule has 3 N–H and O–H groups in total. The van der Waals surface area contributed by atoms with Crippen molar-refractivity contribution in [2.24, 2.45) is 5.10 Å². The number of amides is 2. The Morgan fingerprint density at radius 2 is 1.85 bits per heavy atom. The van der Waals surface area contributed by atoms with Gasteiger partial charge in [0, 0.05) is 6.42 Å². The van der Waals surface area contributed by atoms with Gasteiger partial charge in [0.15, 0.2) is 11.0 Å². The molecule has 2 aromatic carbocycles. The summed E-state index contributed by atoms with van der Waals surface area (Å²) in [7, 11) is 0. The zero-order valence-electron chi connectivity index (χ0n) is 18.0. The van der Waals surface area contributed by atoms with Crippen LogP contribution in [0.25, 0.3) is 0 Å². The average molecular weight is 466 g/mol. The lowest BCUT2D eigenvalue weighted by molar-refractivity contribution is -0.125. The minimum atomic E-state index is -0.601. The number of nitrogens with zero attached hydrogens (tertiary/aromatic N) is 5. The highest BCUT2D eigenvalue weighted by atomic mass is 32.2. The van der Waals surface area contributed by atoms with E-state index in [2.05, 4.69) is 15.6 Å². The lowest BCUT2D eigenvalue weighted by Gasteiger charge is -2.15. The number of carbonyl (C=O) groups excluding carboxylic acids is 2. The fourth-order valence-corrected chi connectivity index (χ4v) is 4.10. The van der Waals surface area contributed by atoms with Crippen molar-refractivity contribution in [3.05, 3.63) is 87.6 Å². The van der Waals surface area contributed by atoms with Gasteiger partial charge in [-0.25, -0.2) is 14.9 Å². The number of hydrogen-bond donors (Lipinski definition) is 2. The number of nitrogens with one attached hydrogen (secondary N) is 1. The Bertz CT molecular complexity index is 1250. The minimum Gasteiger partial charge on any atom is -0.333 e. The molecule has 0 atom stereocenters. The Hall–Kier alpha value is -3.86. The number of amidine groups is 1. The molecule has 33 heavy (non-hydrogen) atoms. The van der Waals surface area contributed by atoms with Crippen molar-refractivity contribution >= 4 is 28.7 Å². The summed E-state index contributed by atoms with van der Waals surface area (Å²) >= 11 is 1.24. The SMILES string of the molecule is Cc1ccc(Cc2nn(CC(=O)N/N=C3\SCC(=O)N3Cc3ccccc3)c(=O)n2N)cc1. The van der Waals surface area contributed by atoms with Gasteiger partial charge in [-0.1, -0.05) is 71.9 Å². The van der Waals surface area contributed by atoms with Gasteiger partial charge >= 0.3 is 5.69 Å². The number of nitrogen functional groups attached to an aromatic ring is 1. The van der Waals surface area contributed by atoms with Crippen LogP contribution in [0.4, 0.5) is 0 Å². The molecule has 0 saturated carbocycles. The molecule has 1 aliphatic heterocycles. The van der Waals surface area contributed by atoms with Crippen LogP contribution in [0, 0.1) is 6.92 Å². The van der Waals surface area contributed by atoms with Crippen molar-refractivity contribution in [1.29, 1.82) is 0 Å². The zero-order chi connectivity index (χ0) is 23.4. The summed E-state index contributed by atoms with van der Waals surface area (Å²) in [4.78, 5) is 38.5. The predicted octanol–water partition coefficient (Wildman–Crippen LogP) is 0.821. The number of carbonyl (C=O) groups is 2. The van der Waals surface area contributed by atoms with E-state index in [1.165, 1.54) is 16.7 Å². The molecular weight excluding hydrogens is 442 g/mol. The fraction of sp³-hybridized carbons (Fsp3) is 0.227. The summed E-state index contributed by atoms with van der Waals surface area (Å²) in [5.41, 5.74) is 4.83.